The molecule has 2 rings (SSSR count). The number of carbonyl (C=O) groups is 3. The molecule has 0 aliphatic heterocycles. The Kier molecular flexibility index (Phi) is 10.2. The standard InChI is InChI=1S/C29H36O5/c1-19(13-14-24-21(3)18-28(33-6)23(5)22(24)4)9-7-10-20(2)17-29(32)34-16-15-25-26(30)11-8-12-27(25)31/h7,9-10,13-14,17-18,25H,8,11-12,15-16H2,1-6H3/b10-7+,14-13+,19-9+,20-17+. The van der Waals surface area contributed by atoms with Gasteiger partial charge in [-0.1, -0.05) is 36.0 Å². The molecule has 0 unspecified atom stereocenters. The SMILES string of the molecule is COc1cc(C)c(/C=C/C(C)=C/C=C/C(C)=C/C(=O)OCCC2C(=O)CCCC2=O)c(C)c1C. The summed E-state index contributed by atoms with van der Waals surface area (Å²) in [4.78, 5) is 35.7. The molecule has 0 amide bonds. The van der Waals surface area contributed by atoms with Crippen LogP contribution in [-0.4, -0.2) is 31.3 Å². The number of carbonyl (C=O) groups excluding carboxylic acids is 3. The van der Waals surface area contributed by atoms with Gasteiger partial charge >= 0.3 is 5.97 Å². The van der Waals surface area contributed by atoms with Gasteiger partial charge in [0.1, 0.15) is 17.3 Å². The molecule has 5 heteroatoms. The molecule has 5 nitrogen and oxygen atoms in total. The smallest absolute Gasteiger partial charge is 0.331 e. The number of allylic oxidation sites excluding steroid dienone is 6. The number of ketones is 2. The summed E-state index contributed by atoms with van der Waals surface area (Å²) in [7, 11) is 1.69. The van der Waals surface area contributed by atoms with Gasteiger partial charge < -0.3 is 9.47 Å². The van der Waals surface area contributed by atoms with Gasteiger partial charge in [0.25, 0.3) is 0 Å². The van der Waals surface area contributed by atoms with Crippen molar-refractivity contribution in [3.63, 3.8) is 0 Å². The third kappa shape index (κ3) is 7.68. The van der Waals surface area contributed by atoms with Crippen LogP contribution in [0.1, 0.15) is 61.8 Å². The molecule has 0 aromatic heterocycles. The summed E-state index contributed by atoms with van der Waals surface area (Å²) in [5.41, 5.74) is 6.50. The zero-order valence-electron chi connectivity index (χ0n) is 21.2. The zero-order chi connectivity index (χ0) is 25.3. The number of Topliss-reactive ketones (excluding diaryl/α,β-unsaturated/α-hetero) is 2. The summed E-state index contributed by atoms with van der Waals surface area (Å²) in [5, 5.41) is 0. The average Bonchev–Trinajstić information content (AvgIpc) is 2.78. The summed E-state index contributed by atoms with van der Waals surface area (Å²) in [6.45, 7) is 10.1. The number of ether oxygens (including phenoxy) is 2. The van der Waals surface area contributed by atoms with Gasteiger partial charge in [0.2, 0.25) is 0 Å². The fraction of sp³-hybridized carbons (Fsp3) is 0.414. The maximum Gasteiger partial charge on any atom is 0.331 e. The van der Waals surface area contributed by atoms with E-state index in [0.29, 0.717) is 19.3 Å². The first-order valence-corrected chi connectivity index (χ1v) is 11.7. The molecule has 34 heavy (non-hydrogen) atoms. The van der Waals surface area contributed by atoms with Crippen molar-refractivity contribution in [1.29, 1.82) is 0 Å². The van der Waals surface area contributed by atoms with Crippen molar-refractivity contribution in [3.05, 3.63) is 69.8 Å². The first-order valence-electron chi connectivity index (χ1n) is 11.7. The molecule has 1 aliphatic carbocycles. The van der Waals surface area contributed by atoms with Crippen LogP contribution in [0.4, 0.5) is 0 Å². The Hall–Kier alpha value is -3.21. The number of methoxy groups -OCH3 is 1. The Morgan fingerprint density at radius 1 is 1.03 bits per heavy atom. The van der Waals surface area contributed by atoms with Crippen LogP contribution >= 0.6 is 0 Å². The van der Waals surface area contributed by atoms with Gasteiger partial charge in [-0.15, -0.1) is 0 Å². The molecule has 1 fully saturated rings. The van der Waals surface area contributed by atoms with Crippen LogP contribution in [0.15, 0.2) is 47.6 Å². The number of hydrogen-bond donors (Lipinski definition) is 0. The van der Waals surface area contributed by atoms with Crippen LogP contribution < -0.4 is 4.74 Å². The third-order valence-electron chi connectivity index (χ3n) is 6.18. The van der Waals surface area contributed by atoms with Gasteiger partial charge in [-0.25, -0.2) is 4.79 Å². The highest BCUT2D eigenvalue weighted by Crippen LogP contribution is 2.28. The van der Waals surface area contributed by atoms with Crippen molar-refractivity contribution in [2.45, 2.75) is 60.3 Å². The lowest BCUT2D eigenvalue weighted by Crippen LogP contribution is -2.29. The highest BCUT2D eigenvalue weighted by Gasteiger charge is 2.29. The van der Waals surface area contributed by atoms with E-state index >= 15 is 0 Å². The van der Waals surface area contributed by atoms with Gasteiger partial charge in [-0.2, -0.15) is 0 Å². The van der Waals surface area contributed by atoms with E-state index in [2.05, 4.69) is 39.0 Å². The van der Waals surface area contributed by atoms with Crippen LogP contribution in [0.3, 0.4) is 0 Å². The van der Waals surface area contributed by atoms with Crippen LogP contribution in [0, 0.1) is 26.7 Å². The quantitative estimate of drug-likeness (QED) is 0.195. The molecule has 1 aromatic carbocycles. The van der Waals surface area contributed by atoms with Crippen molar-refractivity contribution >= 4 is 23.6 Å². The summed E-state index contributed by atoms with van der Waals surface area (Å²) in [5.74, 6) is -0.253. The molecule has 182 valence electrons. The highest BCUT2D eigenvalue weighted by atomic mass is 16.5. The second-order valence-electron chi connectivity index (χ2n) is 8.85. The topological polar surface area (TPSA) is 69.7 Å². The van der Waals surface area contributed by atoms with Gasteiger partial charge in [-0.3, -0.25) is 9.59 Å². The minimum Gasteiger partial charge on any atom is -0.496 e. The van der Waals surface area contributed by atoms with E-state index in [1.165, 1.54) is 17.2 Å². The Morgan fingerprint density at radius 3 is 2.35 bits per heavy atom. The van der Waals surface area contributed by atoms with Crippen molar-refractivity contribution in [2.75, 3.05) is 13.7 Å². The van der Waals surface area contributed by atoms with Crippen molar-refractivity contribution in [3.8, 4) is 5.75 Å². The lowest BCUT2D eigenvalue weighted by atomic mass is 9.85. The third-order valence-corrected chi connectivity index (χ3v) is 6.18. The van der Waals surface area contributed by atoms with Crippen LogP contribution in [0.25, 0.3) is 6.08 Å². The van der Waals surface area contributed by atoms with E-state index in [9.17, 15) is 14.4 Å². The van der Waals surface area contributed by atoms with E-state index in [0.717, 1.165) is 28.0 Å². The first kappa shape index (κ1) is 27.0. The summed E-state index contributed by atoms with van der Waals surface area (Å²) in [6.07, 6.45) is 13.1. The number of hydrogen-bond acceptors (Lipinski definition) is 5. The van der Waals surface area contributed by atoms with E-state index in [1.54, 1.807) is 7.11 Å². The molecule has 0 heterocycles. The molecule has 0 atom stereocenters. The highest BCUT2D eigenvalue weighted by molar-refractivity contribution is 6.04. The number of aryl methyl sites for hydroxylation is 1. The normalized spacial score (nSPS) is 16.1. The predicted octanol–water partition coefficient (Wildman–Crippen LogP) is 5.95. The number of benzene rings is 1. The van der Waals surface area contributed by atoms with E-state index < -0.39 is 11.9 Å². The molecular weight excluding hydrogens is 428 g/mol. The van der Waals surface area contributed by atoms with Crippen LogP contribution in [0.5, 0.6) is 5.75 Å². The van der Waals surface area contributed by atoms with Crippen molar-refractivity contribution < 1.29 is 23.9 Å². The minimum atomic E-state index is -0.609. The molecule has 0 N–H and O–H groups in total. The van der Waals surface area contributed by atoms with Crippen molar-refractivity contribution in [1.82, 2.24) is 0 Å². The van der Waals surface area contributed by atoms with Gasteiger partial charge in [0.15, 0.2) is 0 Å². The first-order chi connectivity index (χ1) is 16.1. The average molecular weight is 465 g/mol. The Balaban J connectivity index is 1.90. The van der Waals surface area contributed by atoms with Gasteiger partial charge in [0.05, 0.1) is 19.6 Å². The van der Waals surface area contributed by atoms with Crippen molar-refractivity contribution in [2.24, 2.45) is 5.92 Å². The largest absolute Gasteiger partial charge is 0.496 e. The summed E-state index contributed by atoms with van der Waals surface area (Å²) >= 11 is 0. The molecule has 1 aromatic rings. The van der Waals surface area contributed by atoms with Crippen LogP contribution in [0.2, 0.25) is 0 Å². The fourth-order valence-corrected chi connectivity index (χ4v) is 4.00. The van der Waals surface area contributed by atoms with Crippen LogP contribution in [-0.2, 0) is 19.1 Å². The molecule has 0 radical (unpaired) electrons. The number of esters is 1. The fourth-order valence-electron chi connectivity index (χ4n) is 4.00. The Labute approximate surface area is 203 Å². The summed E-state index contributed by atoms with van der Waals surface area (Å²) in [6, 6.07) is 2.05. The van der Waals surface area contributed by atoms with Gasteiger partial charge in [-0.05, 0) is 81.4 Å². The molecule has 0 saturated heterocycles. The molecule has 1 saturated carbocycles. The zero-order valence-corrected chi connectivity index (χ0v) is 21.2. The molecule has 0 bridgehead atoms. The Bertz CT molecular complexity index is 1040. The Morgan fingerprint density at radius 2 is 1.71 bits per heavy atom. The molecule has 1 aliphatic rings. The second-order valence-corrected chi connectivity index (χ2v) is 8.85. The minimum absolute atomic E-state index is 0.0365. The lowest BCUT2D eigenvalue weighted by molar-refractivity contribution is -0.142. The van der Waals surface area contributed by atoms with E-state index in [-0.39, 0.29) is 24.6 Å². The maximum absolute atomic E-state index is 12.0. The van der Waals surface area contributed by atoms with E-state index in [1.807, 2.05) is 32.1 Å². The molecular formula is C29H36O5. The summed E-state index contributed by atoms with van der Waals surface area (Å²) < 4.78 is 10.6. The van der Waals surface area contributed by atoms with E-state index in [4.69, 9.17) is 9.47 Å². The second kappa shape index (κ2) is 12.9. The predicted molar refractivity (Wildman–Crippen MR) is 136 cm³/mol. The van der Waals surface area contributed by atoms with Gasteiger partial charge in [0, 0.05) is 18.9 Å². The molecule has 0 spiro atoms. The maximum atomic E-state index is 12.0. The lowest BCUT2D eigenvalue weighted by Gasteiger charge is -2.18. The monoisotopic (exact) mass is 464 g/mol. The number of rotatable bonds is 9.